The Bertz CT molecular complexity index is 741. The molecule has 0 bridgehead atoms. The SMILES string of the molecule is CCC(=O)c1cccc(C(=O)OC)c1OC(=O)c1ccc(C)cc1. The third kappa shape index (κ3) is 3.68. The molecule has 0 saturated heterocycles. The molecule has 0 spiro atoms. The summed E-state index contributed by atoms with van der Waals surface area (Å²) in [5.41, 5.74) is 1.55. The second-order valence-electron chi connectivity index (χ2n) is 5.21. The lowest BCUT2D eigenvalue weighted by atomic mass is 10.0. The van der Waals surface area contributed by atoms with Gasteiger partial charge in [-0.1, -0.05) is 30.7 Å². The van der Waals surface area contributed by atoms with Crippen molar-refractivity contribution in [1.82, 2.24) is 0 Å². The lowest BCUT2D eigenvalue weighted by Gasteiger charge is -2.13. The van der Waals surface area contributed by atoms with Crippen LogP contribution in [0.25, 0.3) is 0 Å². The minimum absolute atomic E-state index is 0.0391. The first-order chi connectivity index (χ1) is 11.5. The van der Waals surface area contributed by atoms with Gasteiger partial charge in [0.05, 0.1) is 18.2 Å². The maximum atomic E-state index is 12.4. The molecule has 0 amide bonds. The topological polar surface area (TPSA) is 69.7 Å². The fourth-order valence-corrected chi connectivity index (χ4v) is 2.17. The zero-order chi connectivity index (χ0) is 17.7. The first-order valence-electron chi connectivity index (χ1n) is 7.51. The third-order valence-electron chi connectivity index (χ3n) is 3.52. The zero-order valence-corrected chi connectivity index (χ0v) is 13.8. The third-order valence-corrected chi connectivity index (χ3v) is 3.52. The van der Waals surface area contributed by atoms with Crippen LogP contribution in [0.5, 0.6) is 5.75 Å². The van der Waals surface area contributed by atoms with Gasteiger partial charge in [0, 0.05) is 6.42 Å². The van der Waals surface area contributed by atoms with Crippen LogP contribution in [0.4, 0.5) is 0 Å². The van der Waals surface area contributed by atoms with Crippen LogP contribution in [0.1, 0.15) is 50.0 Å². The predicted octanol–water partition coefficient (Wildman–Crippen LogP) is 3.59. The molecule has 5 heteroatoms. The van der Waals surface area contributed by atoms with E-state index in [1.165, 1.54) is 19.2 Å². The predicted molar refractivity (Wildman–Crippen MR) is 88.5 cm³/mol. The van der Waals surface area contributed by atoms with Crippen molar-refractivity contribution in [3.63, 3.8) is 0 Å². The summed E-state index contributed by atoms with van der Waals surface area (Å²) in [7, 11) is 1.22. The van der Waals surface area contributed by atoms with E-state index in [9.17, 15) is 14.4 Å². The molecule has 0 fully saturated rings. The van der Waals surface area contributed by atoms with Crippen molar-refractivity contribution in [2.24, 2.45) is 0 Å². The van der Waals surface area contributed by atoms with E-state index in [1.54, 1.807) is 37.3 Å². The van der Waals surface area contributed by atoms with Crippen LogP contribution in [-0.4, -0.2) is 24.8 Å². The fraction of sp³-hybridized carbons (Fsp3) is 0.211. The molecule has 0 heterocycles. The second-order valence-corrected chi connectivity index (χ2v) is 5.21. The summed E-state index contributed by atoms with van der Waals surface area (Å²) in [5, 5.41) is 0. The Labute approximate surface area is 140 Å². The standard InChI is InChI=1S/C19H18O5/c1-4-16(20)14-6-5-7-15(19(22)23-3)17(14)24-18(21)13-10-8-12(2)9-11-13/h5-11H,4H2,1-3H3. The number of methoxy groups -OCH3 is 1. The van der Waals surface area contributed by atoms with Crippen LogP contribution < -0.4 is 4.74 Å². The molecule has 0 aliphatic heterocycles. The molecule has 2 aromatic rings. The lowest BCUT2D eigenvalue weighted by Crippen LogP contribution is -2.15. The normalized spacial score (nSPS) is 10.1. The Balaban J connectivity index is 2.46. The van der Waals surface area contributed by atoms with Gasteiger partial charge in [-0.2, -0.15) is 0 Å². The number of aryl methyl sites for hydroxylation is 1. The van der Waals surface area contributed by atoms with E-state index in [-0.39, 0.29) is 29.1 Å². The van der Waals surface area contributed by atoms with Crippen molar-refractivity contribution in [3.8, 4) is 5.75 Å². The second kappa shape index (κ2) is 7.55. The summed E-state index contributed by atoms with van der Waals surface area (Å²) in [6.45, 7) is 3.60. The highest BCUT2D eigenvalue weighted by molar-refractivity contribution is 6.05. The lowest BCUT2D eigenvalue weighted by molar-refractivity contribution is 0.0593. The highest BCUT2D eigenvalue weighted by Crippen LogP contribution is 2.27. The van der Waals surface area contributed by atoms with Crippen molar-refractivity contribution in [2.45, 2.75) is 20.3 Å². The highest BCUT2D eigenvalue weighted by atomic mass is 16.5. The summed E-state index contributed by atoms with van der Waals surface area (Å²) >= 11 is 0. The molecular formula is C19H18O5. The van der Waals surface area contributed by atoms with Gasteiger partial charge in [-0.3, -0.25) is 4.79 Å². The Kier molecular flexibility index (Phi) is 5.47. The van der Waals surface area contributed by atoms with Gasteiger partial charge in [-0.25, -0.2) is 9.59 Å². The van der Waals surface area contributed by atoms with E-state index in [1.807, 2.05) is 6.92 Å². The number of para-hydroxylation sites is 1. The van der Waals surface area contributed by atoms with Crippen LogP contribution in [0, 0.1) is 6.92 Å². The van der Waals surface area contributed by atoms with E-state index in [2.05, 4.69) is 0 Å². The molecule has 0 aliphatic rings. The van der Waals surface area contributed by atoms with Crippen molar-refractivity contribution in [1.29, 1.82) is 0 Å². The van der Waals surface area contributed by atoms with Gasteiger partial charge in [0.2, 0.25) is 0 Å². The largest absolute Gasteiger partial charge is 0.465 e. The van der Waals surface area contributed by atoms with E-state index >= 15 is 0 Å². The molecule has 0 aliphatic carbocycles. The Morgan fingerprint density at radius 3 is 2.12 bits per heavy atom. The smallest absolute Gasteiger partial charge is 0.343 e. The molecule has 2 aromatic carbocycles. The maximum absolute atomic E-state index is 12.4. The van der Waals surface area contributed by atoms with Gasteiger partial charge in [-0.05, 0) is 31.2 Å². The summed E-state index contributed by atoms with van der Waals surface area (Å²) < 4.78 is 10.1. The van der Waals surface area contributed by atoms with Crippen molar-refractivity contribution in [2.75, 3.05) is 7.11 Å². The summed E-state index contributed by atoms with van der Waals surface area (Å²) in [4.78, 5) is 36.4. The van der Waals surface area contributed by atoms with Crippen LogP contribution in [-0.2, 0) is 4.74 Å². The van der Waals surface area contributed by atoms with Crippen molar-refractivity contribution >= 4 is 17.7 Å². The van der Waals surface area contributed by atoms with Gasteiger partial charge in [0.15, 0.2) is 11.5 Å². The minimum atomic E-state index is -0.674. The number of hydrogen-bond donors (Lipinski definition) is 0. The van der Waals surface area contributed by atoms with Gasteiger partial charge in [0.25, 0.3) is 0 Å². The molecule has 0 aromatic heterocycles. The molecule has 0 atom stereocenters. The number of ether oxygens (including phenoxy) is 2. The van der Waals surface area contributed by atoms with Crippen LogP contribution in [0.15, 0.2) is 42.5 Å². The molecule has 0 unspecified atom stereocenters. The number of Topliss-reactive ketones (excluding diaryl/α,β-unsaturated/α-hetero) is 1. The Hall–Kier alpha value is -2.95. The number of ketones is 1. The number of rotatable bonds is 5. The average Bonchev–Trinajstić information content (AvgIpc) is 2.61. The number of hydrogen-bond acceptors (Lipinski definition) is 5. The van der Waals surface area contributed by atoms with Gasteiger partial charge >= 0.3 is 11.9 Å². The molecule has 24 heavy (non-hydrogen) atoms. The molecule has 2 rings (SSSR count). The number of carbonyl (C=O) groups is 3. The maximum Gasteiger partial charge on any atom is 0.343 e. The van der Waals surface area contributed by atoms with Crippen LogP contribution in [0.3, 0.4) is 0 Å². The molecule has 0 saturated carbocycles. The van der Waals surface area contributed by atoms with E-state index in [4.69, 9.17) is 9.47 Å². The van der Waals surface area contributed by atoms with E-state index in [0.29, 0.717) is 5.56 Å². The number of esters is 2. The summed E-state index contributed by atoms with van der Waals surface area (Å²) in [6, 6.07) is 11.3. The zero-order valence-electron chi connectivity index (χ0n) is 13.8. The van der Waals surface area contributed by atoms with Gasteiger partial charge in [0.1, 0.15) is 5.56 Å². The minimum Gasteiger partial charge on any atom is -0.465 e. The average molecular weight is 326 g/mol. The van der Waals surface area contributed by atoms with Crippen LogP contribution >= 0.6 is 0 Å². The fourth-order valence-electron chi connectivity index (χ4n) is 2.17. The van der Waals surface area contributed by atoms with Gasteiger partial charge < -0.3 is 9.47 Å². The van der Waals surface area contributed by atoms with Crippen molar-refractivity contribution in [3.05, 3.63) is 64.7 Å². The number of carbonyl (C=O) groups excluding carboxylic acids is 3. The molecular weight excluding hydrogens is 308 g/mol. The van der Waals surface area contributed by atoms with Crippen LogP contribution in [0.2, 0.25) is 0 Å². The molecule has 0 N–H and O–H groups in total. The molecule has 5 nitrogen and oxygen atoms in total. The first-order valence-corrected chi connectivity index (χ1v) is 7.51. The molecule has 0 radical (unpaired) electrons. The van der Waals surface area contributed by atoms with E-state index < -0.39 is 11.9 Å². The Morgan fingerprint density at radius 2 is 1.54 bits per heavy atom. The quantitative estimate of drug-likeness (QED) is 0.477. The number of benzene rings is 2. The highest BCUT2D eigenvalue weighted by Gasteiger charge is 2.23. The Morgan fingerprint density at radius 1 is 0.917 bits per heavy atom. The first kappa shape index (κ1) is 17.4. The summed E-state index contributed by atoms with van der Waals surface area (Å²) in [6.07, 6.45) is 0.222. The monoisotopic (exact) mass is 326 g/mol. The molecule has 124 valence electrons. The van der Waals surface area contributed by atoms with Crippen molar-refractivity contribution < 1.29 is 23.9 Å². The summed E-state index contributed by atoms with van der Waals surface area (Å²) in [5.74, 6) is -1.61. The van der Waals surface area contributed by atoms with E-state index in [0.717, 1.165) is 5.56 Å². The van der Waals surface area contributed by atoms with Gasteiger partial charge in [-0.15, -0.1) is 0 Å².